The summed E-state index contributed by atoms with van der Waals surface area (Å²) in [6.45, 7) is 0. The zero-order chi connectivity index (χ0) is 20.4. The molecular weight excluding hydrogens is 441 g/mol. The second-order valence-electron chi connectivity index (χ2n) is 5.06. The zero-order valence-electron chi connectivity index (χ0n) is 13.1. The highest BCUT2D eigenvalue weighted by molar-refractivity contribution is 7.92. The largest absolute Gasteiger partial charge is 0.502 e. The minimum absolute atomic E-state index is 0.00574. The fraction of sp³-hybridized carbons (Fsp3) is 0. The van der Waals surface area contributed by atoms with Gasteiger partial charge in [-0.3, -0.25) is 9.52 Å². The van der Waals surface area contributed by atoms with Crippen molar-refractivity contribution in [2.45, 2.75) is 4.90 Å². The van der Waals surface area contributed by atoms with Gasteiger partial charge in [0.1, 0.15) is 4.90 Å². The number of aliphatic carboxylic acids is 1. The molecule has 2 aromatic rings. The van der Waals surface area contributed by atoms with Gasteiger partial charge < -0.3 is 10.2 Å². The van der Waals surface area contributed by atoms with Crippen molar-refractivity contribution in [3.63, 3.8) is 0 Å². The van der Waals surface area contributed by atoms with Crippen LogP contribution >= 0.6 is 34.8 Å². The molecule has 7 nitrogen and oxygen atoms in total. The van der Waals surface area contributed by atoms with E-state index in [1.165, 1.54) is 30.3 Å². The van der Waals surface area contributed by atoms with Crippen LogP contribution < -0.4 is 4.72 Å². The predicted octanol–water partition coefficient (Wildman–Crippen LogP) is 4.16. The van der Waals surface area contributed by atoms with Gasteiger partial charge in [-0.15, -0.1) is 0 Å². The van der Waals surface area contributed by atoms with Crippen molar-refractivity contribution in [3.05, 3.63) is 68.9 Å². The number of hydrogen-bond donors (Lipinski definition) is 3. The molecule has 0 heterocycles. The molecule has 0 amide bonds. The topological polar surface area (TPSA) is 121 Å². The van der Waals surface area contributed by atoms with Crippen LogP contribution in [0.1, 0.15) is 10.4 Å². The molecule has 0 saturated heterocycles. The van der Waals surface area contributed by atoms with Gasteiger partial charge in [0.15, 0.2) is 5.78 Å². The number of carboxylic acids is 1. The maximum absolute atomic E-state index is 12.5. The summed E-state index contributed by atoms with van der Waals surface area (Å²) in [5.74, 6) is -3.65. The maximum atomic E-state index is 12.5. The summed E-state index contributed by atoms with van der Waals surface area (Å²) in [5.41, 5.74) is -0.0468. The van der Waals surface area contributed by atoms with Crippen molar-refractivity contribution >= 4 is 62.3 Å². The fourth-order valence-electron chi connectivity index (χ4n) is 1.93. The molecule has 0 aliphatic heterocycles. The molecule has 27 heavy (non-hydrogen) atoms. The first-order chi connectivity index (χ1) is 12.5. The molecule has 0 aliphatic carbocycles. The van der Waals surface area contributed by atoms with Gasteiger partial charge in [-0.25, -0.2) is 13.2 Å². The number of aliphatic hydroxyl groups excluding tert-OH is 1. The number of benzene rings is 2. The van der Waals surface area contributed by atoms with Crippen molar-refractivity contribution in [2.24, 2.45) is 0 Å². The van der Waals surface area contributed by atoms with Crippen molar-refractivity contribution < 1.29 is 28.2 Å². The summed E-state index contributed by atoms with van der Waals surface area (Å²) in [5, 5.41) is 17.4. The van der Waals surface area contributed by atoms with Gasteiger partial charge >= 0.3 is 5.97 Å². The molecule has 11 heteroatoms. The van der Waals surface area contributed by atoms with Crippen LogP contribution in [0.5, 0.6) is 0 Å². The first-order valence-corrected chi connectivity index (χ1v) is 9.59. The Balaban J connectivity index is 2.36. The fourth-order valence-corrected chi connectivity index (χ4v) is 3.96. The van der Waals surface area contributed by atoms with Gasteiger partial charge in [0.05, 0.1) is 15.1 Å². The van der Waals surface area contributed by atoms with Crippen molar-refractivity contribution in [3.8, 4) is 0 Å². The van der Waals surface area contributed by atoms with Crippen LogP contribution in [0.3, 0.4) is 0 Å². The van der Waals surface area contributed by atoms with E-state index in [1.54, 1.807) is 0 Å². The third-order valence-corrected chi connectivity index (χ3v) is 6.00. The van der Waals surface area contributed by atoms with Crippen LogP contribution in [0.2, 0.25) is 15.1 Å². The third kappa shape index (κ3) is 4.92. The number of ketones is 1. The minimum Gasteiger partial charge on any atom is -0.502 e. The molecule has 0 unspecified atom stereocenters. The highest BCUT2D eigenvalue weighted by Gasteiger charge is 2.21. The lowest BCUT2D eigenvalue weighted by molar-refractivity contribution is -0.135. The summed E-state index contributed by atoms with van der Waals surface area (Å²) in [6, 6.07) is 7.65. The Hall–Kier alpha value is -2.26. The number of carbonyl (C=O) groups excluding carboxylic acids is 1. The number of nitrogens with one attached hydrogen (secondary N) is 1. The number of hydrogen-bond acceptors (Lipinski definition) is 5. The quantitative estimate of drug-likeness (QED) is 0.263. The molecule has 0 aliphatic rings. The van der Waals surface area contributed by atoms with E-state index >= 15 is 0 Å². The lowest BCUT2D eigenvalue weighted by atomic mass is 10.1. The minimum atomic E-state index is -4.16. The summed E-state index contributed by atoms with van der Waals surface area (Å²) in [7, 11) is -4.16. The molecular formula is C16H10Cl3NO6S. The van der Waals surface area contributed by atoms with Crippen LogP contribution in [-0.4, -0.2) is 30.4 Å². The number of rotatable bonds is 6. The summed E-state index contributed by atoms with van der Waals surface area (Å²) < 4.78 is 27.3. The van der Waals surface area contributed by atoms with Gasteiger partial charge in [0.25, 0.3) is 10.0 Å². The Bertz CT molecular complexity index is 1070. The number of allylic oxidation sites excluding steroid dienone is 1. The van der Waals surface area contributed by atoms with Gasteiger partial charge in [-0.2, -0.15) is 0 Å². The monoisotopic (exact) mass is 449 g/mol. The van der Waals surface area contributed by atoms with E-state index in [0.717, 1.165) is 6.07 Å². The molecule has 0 radical (unpaired) electrons. The lowest BCUT2D eigenvalue weighted by Crippen LogP contribution is -2.14. The number of halogens is 3. The molecule has 0 fully saturated rings. The number of aliphatic hydroxyl groups is 1. The Labute approximate surface area is 168 Å². The molecule has 2 rings (SSSR count). The lowest BCUT2D eigenvalue weighted by Gasteiger charge is -2.11. The molecule has 2 aromatic carbocycles. The van der Waals surface area contributed by atoms with Crippen molar-refractivity contribution in [1.29, 1.82) is 0 Å². The van der Waals surface area contributed by atoms with E-state index in [9.17, 15) is 18.0 Å². The Morgan fingerprint density at radius 3 is 2.30 bits per heavy atom. The summed E-state index contributed by atoms with van der Waals surface area (Å²) in [6.07, 6.45) is 0.506. The first-order valence-electron chi connectivity index (χ1n) is 6.97. The second-order valence-corrected chi connectivity index (χ2v) is 7.87. The van der Waals surface area contributed by atoms with Crippen LogP contribution in [0, 0.1) is 0 Å². The van der Waals surface area contributed by atoms with E-state index in [0.29, 0.717) is 6.08 Å². The van der Waals surface area contributed by atoms with E-state index in [1.807, 2.05) is 0 Å². The van der Waals surface area contributed by atoms with Gasteiger partial charge in [0, 0.05) is 17.3 Å². The average Bonchev–Trinajstić information content (AvgIpc) is 2.59. The van der Waals surface area contributed by atoms with Crippen LogP contribution in [0.15, 0.2) is 53.1 Å². The van der Waals surface area contributed by atoms with E-state index in [4.69, 9.17) is 45.0 Å². The van der Waals surface area contributed by atoms with Crippen LogP contribution in [0.25, 0.3) is 0 Å². The Kier molecular flexibility index (Phi) is 6.38. The smallest absolute Gasteiger partial charge is 0.371 e. The summed E-state index contributed by atoms with van der Waals surface area (Å²) >= 11 is 17.6. The highest BCUT2D eigenvalue weighted by Crippen LogP contribution is 2.35. The average molecular weight is 451 g/mol. The molecule has 0 atom stereocenters. The molecule has 142 valence electrons. The first kappa shape index (κ1) is 21.0. The standard InChI is InChI=1S/C16H10Cl3NO6S/c17-10-4-5-13(15(19)14(10)18)27(25,26)20-9-3-1-2-8(6-9)11(21)7-12(22)16(23)24/h1-7,20,22H,(H,23,24). The van der Waals surface area contributed by atoms with E-state index < -0.39 is 27.5 Å². The van der Waals surface area contributed by atoms with E-state index in [-0.39, 0.29) is 31.2 Å². The van der Waals surface area contributed by atoms with E-state index in [2.05, 4.69) is 4.72 Å². The highest BCUT2D eigenvalue weighted by atomic mass is 35.5. The molecule has 0 saturated carbocycles. The third-order valence-electron chi connectivity index (χ3n) is 3.18. The number of anilines is 1. The molecule has 0 spiro atoms. The van der Waals surface area contributed by atoms with Gasteiger partial charge in [-0.1, -0.05) is 46.9 Å². The molecule has 3 N–H and O–H groups in total. The molecule has 0 aromatic heterocycles. The van der Waals surface area contributed by atoms with Crippen molar-refractivity contribution in [2.75, 3.05) is 4.72 Å². The number of sulfonamides is 1. The normalized spacial score (nSPS) is 11.9. The van der Waals surface area contributed by atoms with Gasteiger partial charge in [0.2, 0.25) is 5.76 Å². The van der Waals surface area contributed by atoms with Crippen LogP contribution in [0.4, 0.5) is 5.69 Å². The molecule has 0 bridgehead atoms. The van der Waals surface area contributed by atoms with Crippen molar-refractivity contribution in [1.82, 2.24) is 0 Å². The predicted molar refractivity (Wildman–Crippen MR) is 101 cm³/mol. The maximum Gasteiger partial charge on any atom is 0.371 e. The van der Waals surface area contributed by atoms with Crippen LogP contribution in [-0.2, 0) is 14.8 Å². The second kappa shape index (κ2) is 8.18. The van der Waals surface area contributed by atoms with Gasteiger partial charge in [-0.05, 0) is 24.3 Å². The Morgan fingerprint density at radius 1 is 1.00 bits per heavy atom. The zero-order valence-corrected chi connectivity index (χ0v) is 16.2. The SMILES string of the molecule is O=C(O)C(O)=CC(=O)c1cccc(NS(=O)(=O)c2ccc(Cl)c(Cl)c2Cl)c1. The Morgan fingerprint density at radius 2 is 1.67 bits per heavy atom. The summed E-state index contributed by atoms with van der Waals surface area (Å²) in [4.78, 5) is 22.2. The number of carbonyl (C=O) groups is 2. The number of carboxylic acid groups (broad SMARTS) is 1.